The highest BCUT2D eigenvalue weighted by molar-refractivity contribution is 6.07. The number of amides is 1. The Kier molecular flexibility index (Phi) is 5.11. The number of H-pyrrole nitrogens is 1. The van der Waals surface area contributed by atoms with Crippen LogP contribution in [-0.2, 0) is 4.79 Å². The molecular formula is C26H21FN4O. The first-order valence-corrected chi connectivity index (χ1v) is 10.4. The average molecular weight is 424 g/mol. The molecule has 0 saturated carbocycles. The summed E-state index contributed by atoms with van der Waals surface area (Å²) in [5.74, 6) is -0.570. The topological polar surface area (TPSA) is 60.8 Å². The molecule has 5 nitrogen and oxygen atoms in total. The van der Waals surface area contributed by atoms with Crippen LogP contribution in [0, 0.1) is 5.82 Å². The first-order chi connectivity index (χ1) is 15.6. The van der Waals surface area contributed by atoms with Gasteiger partial charge >= 0.3 is 0 Å². The van der Waals surface area contributed by atoms with E-state index >= 15 is 0 Å². The molecule has 1 unspecified atom stereocenters. The van der Waals surface area contributed by atoms with Gasteiger partial charge in [-0.3, -0.25) is 9.79 Å². The van der Waals surface area contributed by atoms with Gasteiger partial charge in [0.15, 0.2) is 0 Å². The molecule has 6 heteroatoms. The minimum Gasteiger partial charge on any atom is -0.361 e. The van der Waals surface area contributed by atoms with Crippen molar-refractivity contribution in [3.05, 3.63) is 102 Å². The minimum absolute atomic E-state index is 0.229. The molecule has 0 fully saturated rings. The number of benzene rings is 3. The number of carbonyl (C=O) groups excluding carboxylic acids is 1. The lowest BCUT2D eigenvalue weighted by molar-refractivity contribution is -0.130. The highest BCUT2D eigenvalue weighted by Gasteiger charge is 2.33. The fourth-order valence-corrected chi connectivity index (χ4v) is 4.12. The third kappa shape index (κ3) is 3.60. The summed E-state index contributed by atoms with van der Waals surface area (Å²) in [6.07, 6.45) is 4.17. The third-order valence-corrected chi connectivity index (χ3v) is 5.68. The van der Waals surface area contributed by atoms with Crippen molar-refractivity contribution in [1.82, 2.24) is 9.99 Å². The third-order valence-electron chi connectivity index (χ3n) is 5.68. The Hall–Kier alpha value is -4.06. The van der Waals surface area contributed by atoms with E-state index in [1.54, 1.807) is 18.2 Å². The van der Waals surface area contributed by atoms with E-state index in [0.29, 0.717) is 17.7 Å². The minimum atomic E-state index is -0.477. The number of aromatic nitrogens is 1. The Labute approximate surface area is 184 Å². The molecule has 0 bridgehead atoms. The summed E-state index contributed by atoms with van der Waals surface area (Å²) in [7, 11) is 0. The van der Waals surface area contributed by atoms with Crippen molar-refractivity contribution < 1.29 is 9.18 Å². The standard InChI is InChI=1S/C26H21FN4O/c1-17(32)31-26(20-9-2-5-11-22(20)27)14-25(30-31)21-10-4-7-13-24(21)29-16-18-15-28-23-12-6-3-8-19(18)23/h2-13,15-16,26,28H,14H2,1H3. The van der Waals surface area contributed by atoms with Crippen molar-refractivity contribution in [3.8, 4) is 0 Å². The first-order valence-electron chi connectivity index (χ1n) is 10.4. The lowest BCUT2D eigenvalue weighted by Gasteiger charge is -2.20. The molecule has 1 atom stereocenters. The van der Waals surface area contributed by atoms with Gasteiger partial charge in [-0.25, -0.2) is 9.40 Å². The number of para-hydroxylation sites is 2. The Morgan fingerprint density at radius 3 is 2.69 bits per heavy atom. The van der Waals surface area contributed by atoms with Crippen LogP contribution in [0.1, 0.15) is 36.1 Å². The smallest absolute Gasteiger partial charge is 0.240 e. The second kappa shape index (κ2) is 8.23. The maximum Gasteiger partial charge on any atom is 0.240 e. The van der Waals surface area contributed by atoms with Crippen LogP contribution in [0.3, 0.4) is 0 Å². The van der Waals surface area contributed by atoms with Gasteiger partial charge in [0.05, 0.1) is 17.4 Å². The highest BCUT2D eigenvalue weighted by Crippen LogP contribution is 2.36. The van der Waals surface area contributed by atoms with Gasteiger partial charge < -0.3 is 4.98 Å². The van der Waals surface area contributed by atoms with E-state index in [-0.39, 0.29) is 11.7 Å². The van der Waals surface area contributed by atoms with E-state index in [4.69, 9.17) is 4.99 Å². The molecule has 2 heterocycles. The molecule has 0 radical (unpaired) electrons. The van der Waals surface area contributed by atoms with Gasteiger partial charge in [0.2, 0.25) is 5.91 Å². The van der Waals surface area contributed by atoms with Crippen molar-refractivity contribution in [1.29, 1.82) is 0 Å². The zero-order valence-corrected chi connectivity index (χ0v) is 17.5. The highest BCUT2D eigenvalue weighted by atomic mass is 19.1. The molecule has 1 aromatic heterocycles. The summed E-state index contributed by atoms with van der Waals surface area (Å²) < 4.78 is 14.5. The van der Waals surface area contributed by atoms with Gasteiger partial charge in [-0.05, 0) is 18.2 Å². The zero-order valence-electron chi connectivity index (χ0n) is 17.5. The Bertz CT molecular complexity index is 1370. The summed E-state index contributed by atoms with van der Waals surface area (Å²) in [5, 5.41) is 7.03. The Morgan fingerprint density at radius 1 is 1.09 bits per heavy atom. The zero-order chi connectivity index (χ0) is 22.1. The van der Waals surface area contributed by atoms with E-state index in [1.165, 1.54) is 18.0 Å². The molecular weight excluding hydrogens is 403 g/mol. The summed E-state index contributed by atoms with van der Waals surface area (Å²) in [6.45, 7) is 1.45. The number of aliphatic imine (C=N–C) groups is 1. The van der Waals surface area contributed by atoms with Crippen molar-refractivity contribution in [2.24, 2.45) is 10.1 Å². The summed E-state index contributed by atoms with van der Waals surface area (Å²) in [6, 6.07) is 21.8. The molecule has 5 rings (SSSR count). The molecule has 1 aliphatic heterocycles. The molecule has 0 aliphatic carbocycles. The predicted octanol–water partition coefficient (Wildman–Crippen LogP) is 5.76. The summed E-state index contributed by atoms with van der Waals surface area (Å²) in [5.41, 5.74) is 4.77. The number of nitrogens with zero attached hydrogens (tertiary/aromatic N) is 3. The van der Waals surface area contributed by atoms with Gasteiger partial charge in [0.1, 0.15) is 5.82 Å². The number of nitrogens with one attached hydrogen (secondary N) is 1. The number of hydrogen-bond donors (Lipinski definition) is 1. The second-order valence-corrected chi connectivity index (χ2v) is 7.72. The SMILES string of the molecule is CC(=O)N1N=C(c2ccccc2N=Cc2c[nH]c3ccccc23)CC1c1ccccc1F. The predicted molar refractivity (Wildman–Crippen MR) is 125 cm³/mol. The van der Waals surface area contributed by atoms with Crippen LogP contribution in [0.4, 0.5) is 10.1 Å². The van der Waals surface area contributed by atoms with Crippen molar-refractivity contribution in [3.63, 3.8) is 0 Å². The number of hydrazone groups is 1. The molecule has 4 aromatic rings. The van der Waals surface area contributed by atoms with E-state index in [2.05, 4.69) is 10.1 Å². The number of fused-ring (bicyclic) bond motifs is 1. The molecule has 0 spiro atoms. The molecule has 32 heavy (non-hydrogen) atoms. The monoisotopic (exact) mass is 424 g/mol. The molecule has 1 N–H and O–H groups in total. The van der Waals surface area contributed by atoms with Gasteiger partial charge in [0, 0.05) is 53.3 Å². The summed E-state index contributed by atoms with van der Waals surface area (Å²) >= 11 is 0. The van der Waals surface area contributed by atoms with Gasteiger partial charge in [-0.15, -0.1) is 0 Å². The fourth-order valence-electron chi connectivity index (χ4n) is 4.12. The molecule has 158 valence electrons. The van der Waals surface area contributed by atoms with Gasteiger partial charge in [-0.1, -0.05) is 54.6 Å². The second-order valence-electron chi connectivity index (χ2n) is 7.72. The van der Waals surface area contributed by atoms with E-state index in [1.807, 2.05) is 60.9 Å². The van der Waals surface area contributed by atoms with Crippen LogP contribution in [-0.4, -0.2) is 27.8 Å². The van der Waals surface area contributed by atoms with E-state index < -0.39 is 6.04 Å². The van der Waals surface area contributed by atoms with Crippen molar-refractivity contribution in [2.75, 3.05) is 0 Å². The fraction of sp³-hybridized carbons (Fsp3) is 0.115. The van der Waals surface area contributed by atoms with Gasteiger partial charge in [0.25, 0.3) is 0 Å². The summed E-state index contributed by atoms with van der Waals surface area (Å²) in [4.78, 5) is 20.2. The molecule has 3 aromatic carbocycles. The normalized spacial score (nSPS) is 16.1. The van der Waals surface area contributed by atoms with Crippen LogP contribution in [0.2, 0.25) is 0 Å². The lowest BCUT2D eigenvalue weighted by atomic mass is 9.97. The largest absolute Gasteiger partial charge is 0.361 e. The average Bonchev–Trinajstić information content (AvgIpc) is 3.43. The Balaban J connectivity index is 1.50. The maximum absolute atomic E-state index is 14.5. The number of aromatic amines is 1. The quantitative estimate of drug-likeness (QED) is 0.416. The number of halogens is 1. The van der Waals surface area contributed by atoms with E-state index in [9.17, 15) is 9.18 Å². The number of carbonyl (C=O) groups is 1. The van der Waals surface area contributed by atoms with Gasteiger partial charge in [-0.2, -0.15) is 5.10 Å². The number of rotatable bonds is 4. The number of hydrogen-bond acceptors (Lipinski definition) is 3. The molecule has 0 saturated heterocycles. The Morgan fingerprint density at radius 2 is 1.84 bits per heavy atom. The van der Waals surface area contributed by atoms with Crippen molar-refractivity contribution in [2.45, 2.75) is 19.4 Å². The van der Waals surface area contributed by atoms with Crippen LogP contribution >= 0.6 is 0 Å². The van der Waals surface area contributed by atoms with Crippen LogP contribution < -0.4 is 0 Å². The van der Waals surface area contributed by atoms with Crippen molar-refractivity contribution >= 4 is 34.4 Å². The van der Waals surface area contributed by atoms with E-state index in [0.717, 1.165) is 27.7 Å². The van der Waals surface area contributed by atoms with Crippen LogP contribution in [0.15, 0.2) is 89.1 Å². The first kappa shape index (κ1) is 19.9. The molecule has 1 aliphatic rings. The lowest BCUT2D eigenvalue weighted by Crippen LogP contribution is -2.25. The molecule has 1 amide bonds. The van der Waals surface area contributed by atoms with Crippen LogP contribution in [0.5, 0.6) is 0 Å². The van der Waals surface area contributed by atoms with Crippen LogP contribution in [0.25, 0.3) is 10.9 Å². The maximum atomic E-state index is 14.5.